The highest BCUT2D eigenvalue weighted by Crippen LogP contribution is 2.11. The number of hydrogen-bond acceptors (Lipinski definition) is 2. The van der Waals surface area contributed by atoms with Crippen LogP contribution in [0.15, 0.2) is 24.3 Å². The Morgan fingerprint density at radius 2 is 2.08 bits per heavy atom. The molecular formula is C10H13N2. The molecule has 2 nitrogen and oxygen atoms in total. The molecule has 0 bridgehead atoms. The minimum Gasteiger partial charge on any atom is -0.314 e. The minimum absolute atomic E-state index is 0.480. The smallest absolute Gasteiger partial charge is 0.0447 e. The van der Waals surface area contributed by atoms with E-state index in [-0.39, 0.29) is 0 Å². The molecule has 1 atom stereocenters. The fourth-order valence-corrected chi connectivity index (χ4v) is 1.52. The Morgan fingerprint density at radius 3 is 2.75 bits per heavy atom. The van der Waals surface area contributed by atoms with E-state index in [0.29, 0.717) is 6.04 Å². The molecule has 2 heteroatoms. The number of hydrogen-bond donors (Lipinski definition) is 2. The van der Waals surface area contributed by atoms with Crippen LogP contribution in [0.1, 0.15) is 11.6 Å². The van der Waals surface area contributed by atoms with Gasteiger partial charge < -0.3 is 10.6 Å². The molecule has 0 amide bonds. The van der Waals surface area contributed by atoms with Gasteiger partial charge in [-0.1, -0.05) is 24.3 Å². The van der Waals surface area contributed by atoms with Gasteiger partial charge in [0.2, 0.25) is 0 Å². The monoisotopic (exact) mass is 161 g/mol. The maximum Gasteiger partial charge on any atom is 0.0447 e. The molecule has 1 heterocycles. The van der Waals surface area contributed by atoms with Gasteiger partial charge in [0.15, 0.2) is 0 Å². The molecule has 1 saturated heterocycles. The molecule has 63 valence electrons. The van der Waals surface area contributed by atoms with Gasteiger partial charge in [-0.2, -0.15) is 0 Å². The summed E-state index contributed by atoms with van der Waals surface area (Å²) in [5.74, 6) is 0. The zero-order valence-corrected chi connectivity index (χ0v) is 7.01. The van der Waals surface area contributed by atoms with E-state index < -0.39 is 0 Å². The van der Waals surface area contributed by atoms with Gasteiger partial charge >= 0.3 is 0 Å². The third-order valence-electron chi connectivity index (χ3n) is 2.19. The third-order valence-corrected chi connectivity index (χ3v) is 2.19. The quantitative estimate of drug-likeness (QED) is 0.634. The number of nitrogens with one attached hydrogen (secondary N) is 2. The van der Waals surface area contributed by atoms with Crippen molar-refractivity contribution in [3.8, 4) is 0 Å². The summed E-state index contributed by atoms with van der Waals surface area (Å²) in [5, 5.41) is 6.82. The van der Waals surface area contributed by atoms with Crippen LogP contribution >= 0.6 is 0 Å². The Hall–Kier alpha value is -0.860. The number of rotatable bonds is 1. The molecule has 1 unspecified atom stereocenters. The lowest BCUT2D eigenvalue weighted by atomic mass is 10.1. The molecule has 1 fully saturated rings. The van der Waals surface area contributed by atoms with Crippen LogP contribution in [-0.2, 0) is 0 Å². The van der Waals surface area contributed by atoms with Gasteiger partial charge in [-0.05, 0) is 11.6 Å². The molecule has 0 aliphatic carbocycles. The zero-order chi connectivity index (χ0) is 8.23. The average Bonchev–Trinajstić information content (AvgIpc) is 2.21. The fourth-order valence-electron chi connectivity index (χ4n) is 1.52. The summed E-state index contributed by atoms with van der Waals surface area (Å²) in [5.41, 5.74) is 1.35. The lowest BCUT2D eigenvalue weighted by Gasteiger charge is -2.24. The maximum absolute atomic E-state index is 3.46. The van der Waals surface area contributed by atoms with E-state index in [2.05, 4.69) is 28.8 Å². The second kappa shape index (κ2) is 3.70. The van der Waals surface area contributed by atoms with Crippen LogP contribution in [0.5, 0.6) is 0 Å². The Morgan fingerprint density at radius 1 is 1.25 bits per heavy atom. The minimum atomic E-state index is 0.480. The molecule has 1 aromatic rings. The summed E-state index contributed by atoms with van der Waals surface area (Å²) in [4.78, 5) is 0. The van der Waals surface area contributed by atoms with Crippen molar-refractivity contribution in [3.05, 3.63) is 35.9 Å². The summed E-state index contributed by atoms with van der Waals surface area (Å²) in [6.07, 6.45) is 0. The van der Waals surface area contributed by atoms with E-state index in [4.69, 9.17) is 0 Å². The normalized spacial score (nSPS) is 23.8. The van der Waals surface area contributed by atoms with Gasteiger partial charge in [0.05, 0.1) is 0 Å². The molecule has 0 spiro atoms. The van der Waals surface area contributed by atoms with E-state index in [0.717, 1.165) is 19.6 Å². The van der Waals surface area contributed by atoms with Gasteiger partial charge in [0, 0.05) is 25.7 Å². The van der Waals surface area contributed by atoms with Crippen molar-refractivity contribution in [1.29, 1.82) is 0 Å². The predicted octanol–water partition coefficient (Wildman–Crippen LogP) is 0.721. The third kappa shape index (κ3) is 1.65. The SMILES string of the molecule is [c]1ccc(C2CNCCN2)cc1. The summed E-state index contributed by atoms with van der Waals surface area (Å²) < 4.78 is 0. The van der Waals surface area contributed by atoms with E-state index in [1.165, 1.54) is 5.56 Å². The first-order valence-corrected chi connectivity index (χ1v) is 4.37. The molecule has 0 aromatic heterocycles. The Balaban J connectivity index is 2.08. The van der Waals surface area contributed by atoms with E-state index in [1.54, 1.807) is 0 Å². The van der Waals surface area contributed by atoms with Crippen molar-refractivity contribution in [2.75, 3.05) is 19.6 Å². The van der Waals surface area contributed by atoms with Crippen molar-refractivity contribution in [1.82, 2.24) is 10.6 Å². The Bertz CT molecular complexity index is 227. The van der Waals surface area contributed by atoms with Crippen LogP contribution in [0.3, 0.4) is 0 Å². The molecule has 1 aliphatic heterocycles. The largest absolute Gasteiger partial charge is 0.314 e. The number of benzene rings is 1. The fraction of sp³-hybridized carbons (Fsp3) is 0.400. The van der Waals surface area contributed by atoms with E-state index in [9.17, 15) is 0 Å². The lowest BCUT2D eigenvalue weighted by molar-refractivity contribution is 0.430. The summed E-state index contributed by atoms with van der Waals surface area (Å²) in [7, 11) is 0. The van der Waals surface area contributed by atoms with Crippen molar-refractivity contribution in [2.45, 2.75) is 6.04 Å². The van der Waals surface area contributed by atoms with E-state index >= 15 is 0 Å². The molecule has 1 radical (unpaired) electrons. The predicted molar refractivity (Wildman–Crippen MR) is 48.9 cm³/mol. The second-order valence-corrected chi connectivity index (χ2v) is 3.04. The Labute approximate surface area is 73.0 Å². The molecule has 1 aromatic carbocycles. The molecular weight excluding hydrogens is 148 g/mol. The first-order chi connectivity index (χ1) is 5.97. The highest BCUT2D eigenvalue weighted by atomic mass is 15.0. The van der Waals surface area contributed by atoms with Crippen LogP contribution in [0, 0.1) is 6.07 Å². The van der Waals surface area contributed by atoms with Crippen molar-refractivity contribution < 1.29 is 0 Å². The average molecular weight is 161 g/mol. The topological polar surface area (TPSA) is 24.1 Å². The van der Waals surface area contributed by atoms with Crippen molar-refractivity contribution >= 4 is 0 Å². The van der Waals surface area contributed by atoms with Gasteiger partial charge in [-0.25, -0.2) is 0 Å². The highest BCUT2D eigenvalue weighted by Gasteiger charge is 2.12. The van der Waals surface area contributed by atoms with Crippen LogP contribution < -0.4 is 10.6 Å². The second-order valence-electron chi connectivity index (χ2n) is 3.04. The Kier molecular flexibility index (Phi) is 2.39. The lowest BCUT2D eigenvalue weighted by Crippen LogP contribution is -2.42. The molecule has 0 saturated carbocycles. The highest BCUT2D eigenvalue weighted by molar-refractivity contribution is 5.19. The van der Waals surface area contributed by atoms with Gasteiger partial charge in [-0.3, -0.25) is 0 Å². The standard InChI is InChI=1S/C10H13N2/c1-2-4-9(5-3-1)10-8-11-6-7-12-10/h2-5,10-12H,6-8H2. The molecule has 2 rings (SSSR count). The van der Waals surface area contributed by atoms with Gasteiger partial charge in [0.25, 0.3) is 0 Å². The maximum atomic E-state index is 3.46. The van der Waals surface area contributed by atoms with E-state index in [1.807, 2.05) is 12.1 Å². The molecule has 12 heavy (non-hydrogen) atoms. The number of piperazine rings is 1. The zero-order valence-electron chi connectivity index (χ0n) is 7.01. The van der Waals surface area contributed by atoms with Crippen LogP contribution in [0.2, 0.25) is 0 Å². The molecule has 2 N–H and O–H groups in total. The first-order valence-electron chi connectivity index (χ1n) is 4.37. The molecule has 1 aliphatic rings. The van der Waals surface area contributed by atoms with Crippen LogP contribution in [0.25, 0.3) is 0 Å². The van der Waals surface area contributed by atoms with Crippen LogP contribution in [0.4, 0.5) is 0 Å². The van der Waals surface area contributed by atoms with Crippen molar-refractivity contribution in [3.63, 3.8) is 0 Å². The summed E-state index contributed by atoms with van der Waals surface area (Å²) in [6.45, 7) is 3.17. The summed E-state index contributed by atoms with van der Waals surface area (Å²) >= 11 is 0. The first kappa shape index (κ1) is 7.77. The van der Waals surface area contributed by atoms with Gasteiger partial charge in [0.1, 0.15) is 0 Å². The summed E-state index contributed by atoms with van der Waals surface area (Å²) in [6, 6.07) is 11.7. The van der Waals surface area contributed by atoms with Crippen molar-refractivity contribution in [2.24, 2.45) is 0 Å². The van der Waals surface area contributed by atoms with Crippen LogP contribution in [-0.4, -0.2) is 19.6 Å². The van der Waals surface area contributed by atoms with Gasteiger partial charge in [-0.15, -0.1) is 0 Å².